The van der Waals surface area contributed by atoms with Gasteiger partial charge < -0.3 is 44.8 Å². The van der Waals surface area contributed by atoms with Crippen molar-refractivity contribution in [3.8, 4) is 11.5 Å². The van der Waals surface area contributed by atoms with E-state index in [2.05, 4.69) is 32.0 Å². The minimum absolute atomic E-state index is 0.0274. The van der Waals surface area contributed by atoms with Gasteiger partial charge in [0.05, 0.1) is 19.3 Å². The fraction of sp³-hybridized carbons (Fsp3) is 0.561. The number of aromatic carboxylic acids is 1. The van der Waals surface area contributed by atoms with E-state index in [1.807, 2.05) is 42.5 Å². The molecule has 280 valence electrons. The van der Waals surface area contributed by atoms with Gasteiger partial charge in [-0.3, -0.25) is 4.79 Å². The molecule has 4 fully saturated rings. The predicted molar refractivity (Wildman–Crippen MR) is 202 cm³/mol. The number of nitrogens with one attached hydrogen (secondary N) is 3. The number of carbonyl (C=O) groups excluding carboxylic acids is 1. The summed E-state index contributed by atoms with van der Waals surface area (Å²) in [6.45, 7) is 9.79. The van der Waals surface area contributed by atoms with Crippen LogP contribution in [-0.4, -0.2) is 106 Å². The molecule has 4 aliphatic rings. The number of aliphatic hydroxyl groups is 1. The summed E-state index contributed by atoms with van der Waals surface area (Å²) in [5.41, 5.74) is 2.56. The van der Waals surface area contributed by atoms with Gasteiger partial charge in [-0.15, -0.1) is 0 Å². The summed E-state index contributed by atoms with van der Waals surface area (Å²) in [5.74, 6) is 2.37. The number of carboxylic acids is 1. The van der Waals surface area contributed by atoms with Crippen molar-refractivity contribution in [2.75, 3.05) is 52.5 Å². The lowest BCUT2D eigenvalue weighted by atomic mass is 9.86. The highest BCUT2D eigenvalue weighted by atomic mass is 16.5. The zero-order chi connectivity index (χ0) is 36.0. The molecule has 11 nitrogen and oxygen atoms in total. The average Bonchev–Trinajstić information content (AvgIpc) is 3.75. The fourth-order valence-corrected chi connectivity index (χ4v) is 7.75. The van der Waals surface area contributed by atoms with E-state index in [0.29, 0.717) is 23.4 Å². The molecule has 52 heavy (non-hydrogen) atoms. The maximum absolute atomic E-state index is 13.0. The number of H-pyrrole nitrogens is 2. The van der Waals surface area contributed by atoms with Crippen molar-refractivity contribution in [3.05, 3.63) is 59.9 Å². The van der Waals surface area contributed by atoms with Gasteiger partial charge >= 0.3 is 5.97 Å². The normalized spacial score (nSPS) is 22.0. The van der Waals surface area contributed by atoms with Gasteiger partial charge in [-0.1, -0.05) is 31.9 Å². The van der Waals surface area contributed by atoms with Gasteiger partial charge in [0.25, 0.3) is 5.91 Å². The number of piperidine rings is 2. The number of benzene rings is 2. The van der Waals surface area contributed by atoms with Crippen LogP contribution in [0.25, 0.3) is 21.8 Å². The molecule has 1 amide bonds. The minimum Gasteiger partial charge on any atom is -0.493 e. The second kappa shape index (κ2) is 16.7. The van der Waals surface area contributed by atoms with E-state index in [1.165, 1.54) is 38.5 Å². The number of nitrogens with zero attached hydrogens (tertiary/aromatic N) is 2. The van der Waals surface area contributed by atoms with Gasteiger partial charge in [0.2, 0.25) is 0 Å². The maximum atomic E-state index is 13.0. The zero-order valence-electron chi connectivity index (χ0n) is 30.4. The van der Waals surface area contributed by atoms with Gasteiger partial charge in [0.15, 0.2) is 0 Å². The van der Waals surface area contributed by atoms with Crippen LogP contribution in [-0.2, 0) is 0 Å². The Labute approximate surface area is 306 Å². The number of carboxylic acid groups (broad SMARTS) is 1. The molecule has 4 aromatic rings. The Bertz CT molecular complexity index is 1800. The number of aromatic nitrogens is 2. The molecule has 5 N–H and O–H groups in total. The van der Waals surface area contributed by atoms with Gasteiger partial charge in [0, 0.05) is 67.1 Å². The van der Waals surface area contributed by atoms with E-state index in [1.54, 1.807) is 6.07 Å². The van der Waals surface area contributed by atoms with Crippen LogP contribution in [0.15, 0.2) is 48.5 Å². The highest BCUT2D eigenvalue weighted by Crippen LogP contribution is 2.32. The molecular formula is C41H55N5O6. The number of hydrogen-bond donors (Lipinski definition) is 5. The van der Waals surface area contributed by atoms with Crippen LogP contribution in [0.5, 0.6) is 11.5 Å². The maximum Gasteiger partial charge on any atom is 0.352 e. The molecule has 0 spiro atoms. The second-order valence-electron chi connectivity index (χ2n) is 15.5. The average molecular weight is 714 g/mol. The van der Waals surface area contributed by atoms with Crippen LogP contribution in [0.1, 0.15) is 85.7 Å². The first-order chi connectivity index (χ1) is 25.3. The summed E-state index contributed by atoms with van der Waals surface area (Å²) in [6, 6.07) is 15.4. The van der Waals surface area contributed by atoms with E-state index in [9.17, 15) is 14.7 Å². The summed E-state index contributed by atoms with van der Waals surface area (Å²) < 4.78 is 11.9. The predicted octanol–water partition coefficient (Wildman–Crippen LogP) is 6.29. The summed E-state index contributed by atoms with van der Waals surface area (Å²) in [4.78, 5) is 35.0. The largest absolute Gasteiger partial charge is 0.493 e. The lowest BCUT2D eigenvalue weighted by molar-refractivity contribution is 0.0301. The number of fused-ring (bicyclic) bond motifs is 2. The smallest absolute Gasteiger partial charge is 0.352 e. The van der Waals surface area contributed by atoms with E-state index in [-0.39, 0.29) is 23.7 Å². The van der Waals surface area contributed by atoms with E-state index in [4.69, 9.17) is 14.6 Å². The van der Waals surface area contributed by atoms with Crippen LogP contribution >= 0.6 is 0 Å². The lowest BCUT2D eigenvalue weighted by Gasteiger charge is -2.37. The molecule has 0 unspecified atom stereocenters. The molecule has 0 radical (unpaired) electrons. The zero-order valence-corrected chi connectivity index (χ0v) is 30.4. The second-order valence-corrected chi connectivity index (χ2v) is 15.5. The van der Waals surface area contributed by atoms with Crippen LogP contribution in [0, 0.1) is 17.8 Å². The van der Waals surface area contributed by atoms with Crippen LogP contribution in [0.3, 0.4) is 0 Å². The standard InChI is InChI=1S/C27H40N4O3.C14H15NO3/c1-19-17-31(13-10-25(19)32)15-14-30-11-8-21(9-12-30)28-27(33)24-16-22-23(29-24)6-3-7-26(22)34-18-20-4-2-5-20;16-14(17)12-7-10-11(15-12)5-2-6-13(10)18-8-9-3-1-4-9/h3,6-7,16,19-21,25,29,32H,2,4-5,8-15,17-18H2,1H3,(H,28,33);2,5-7,9,15H,1,3-4,8H2,(H,16,17)/t19-,25-;/m0./s1. The lowest BCUT2D eigenvalue weighted by Crippen LogP contribution is -2.48. The molecule has 11 heteroatoms. The number of likely N-dealkylation sites (tertiary alicyclic amines) is 2. The molecule has 8 rings (SSSR count). The Balaban J connectivity index is 0.000000196. The van der Waals surface area contributed by atoms with E-state index < -0.39 is 5.97 Å². The summed E-state index contributed by atoms with van der Waals surface area (Å²) in [5, 5.41) is 24.0. The number of ether oxygens (including phenoxy) is 2. The first-order valence-electron chi connectivity index (χ1n) is 19.4. The molecule has 2 saturated carbocycles. The SMILES string of the molecule is C[C@H]1CN(CCN2CCC(NC(=O)c3cc4c(OCC5CCC5)cccc4[nH]3)CC2)CC[C@@H]1O.O=C(O)c1cc2c(OCC3CCC3)cccc2[nH]1. The molecule has 2 aliphatic heterocycles. The highest BCUT2D eigenvalue weighted by molar-refractivity contribution is 6.00. The number of rotatable bonds is 12. The molecule has 2 saturated heterocycles. The number of hydrogen-bond acceptors (Lipinski definition) is 7. The van der Waals surface area contributed by atoms with Crippen molar-refractivity contribution in [3.63, 3.8) is 0 Å². The summed E-state index contributed by atoms with van der Waals surface area (Å²) in [6.07, 6.45) is 10.3. The third-order valence-electron chi connectivity index (χ3n) is 11.7. The molecule has 2 atom stereocenters. The van der Waals surface area contributed by atoms with Gasteiger partial charge in [-0.2, -0.15) is 0 Å². The number of aliphatic hydroxyl groups excluding tert-OH is 1. The van der Waals surface area contributed by atoms with Crippen molar-refractivity contribution in [1.29, 1.82) is 0 Å². The van der Waals surface area contributed by atoms with Crippen LogP contribution in [0.4, 0.5) is 0 Å². The molecule has 2 aliphatic carbocycles. The Morgan fingerprint density at radius 3 is 1.85 bits per heavy atom. The topological polar surface area (TPSA) is 143 Å². The van der Waals surface area contributed by atoms with Crippen molar-refractivity contribution in [2.24, 2.45) is 17.8 Å². The van der Waals surface area contributed by atoms with Crippen LogP contribution < -0.4 is 14.8 Å². The third kappa shape index (κ3) is 8.93. The monoisotopic (exact) mass is 713 g/mol. The van der Waals surface area contributed by atoms with Crippen molar-refractivity contribution >= 4 is 33.7 Å². The Morgan fingerprint density at radius 2 is 1.31 bits per heavy atom. The third-order valence-corrected chi connectivity index (χ3v) is 11.7. The Hall–Kier alpha value is -4.06. The Morgan fingerprint density at radius 1 is 0.769 bits per heavy atom. The summed E-state index contributed by atoms with van der Waals surface area (Å²) >= 11 is 0. The number of carbonyl (C=O) groups is 2. The Kier molecular flexibility index (Phi) is 11.7. The van der Waals surface area contributed by atoms with Gasteiger partial charge in [-0.25, -0.2) is 4.79 Å². The van der Waals surface area contributed by atoms with E-state index in [0.717, 1.165) is 105 Å². The molecule has 4 heterocycles. The van der Waals surface area contributed by atoms with Crippen LogP contribution in [0.2, 0.25) is 0 Å². The van der Waals surface area contributed by atoms with Gasteiger partial charge in [-0.05, 0) is 99.1 Å². The molecular weight excluding hydrogens is 658 g/mol. The fourth-order valence-electron chi connectivity index (χ4n) is 7.75. The van der Waals surface area contributed by atoms with Gasteiger partial charge in [0.1, 0.15) is 22.9 Å². The van der Waals surface area contributed by atoms with Crippen molar-refractivity contribution in [2.45, 2.75) is 76.9 Å². The molecule has 2 aromatic carbocycles. The quantitative estimate of drug-likeness (QED) is 0.115. The summed E-state index contributed by atoms with van der Waals surface area (Å²) in [7, 11) is 0. The molecule has 0 bridgehead atoms. The number of aromatic amines is 2. The minimum atomic E-state index is -0.948. The van der Waals surface area contributed by atoms with Crippen molar-refractivity contribution < 1.29 is 29.3 Å². The van der Waals surface area contributed by atoms with E-state index >= 15 is 0 Å². The first kappa shape index (κ1) is 36.3. The van der Waals surface area contributed by atoms with Crippen molar-refractivity contribution in [1.82, 2.24) is 25.1 Å². The first-order valence-corrected chi connectivity index (χ1v) is 19.4. The highest BCUT2D eigenvalue weighted by Gasteiger charge is 2.26. The number of amides is 1. The molecule has 2 aromatic heterocycles.